The van der Waals surface area contributed by atoms with Crippen LogP contribution in [-0.4, -0.2) is 53.4 Å². The number of nitrogen functional groups attached to an aromatic ring is 1. The molecule has 11 heteroatoms. The lowest BCUT2D eigenvalue weighted by Gasteiger charge is -2.24. The number of benzene rings is 2. The summed E-state index contributed by atoms with van der Waals surface area (Å²) in [5, 5.41) is 9.33. The van der Waals surface area contributed by atoms with Crippen LogP contribution in [0.3, 0.4) is 0 Å². The number of anilines is 2. The Kier molecular flexibility index (Phi) is 7.83. The van der Waals surface area contributed by atoms with Gasteiger partial charge in [-0.05, 0) is 29.8 Å². The van der Waals surface area contributed by atoms with Gasteiger partial charge in [-0.25, -0.2) is 9.59 Å². The minimum absolute atomic E-state index is 0.0290. The van der Waals surface area contributed by atoms with Gasteiger partial charge < -0.3 is 20.3 Å². The van der Waals surface area contributed by atoms with Crippen molar-refractivity contribution >= 4 is 23.4 Å². The highest BCUT2D eigenvalue weighted by atomic mass is 16.5. The number of nitrogens with one attached hydrogen (secondary N) is 1. The smallest absolute Gasteiger partial charge is 0.338 e. The Morgan fingerprint density at radius 3 is 2.41 bits per heavy atom. The van der Waals surface area contributed by atoms with Crippen molar-refractivity contribution in [2.75, 3.05) is 37.5 Å². The fraction of sp³-hybridized carbons (Fsp3) is 0.217. The maximum Gasteiger partial charge on any atom is 0.338 e. The second kappa shape index (κ2) is 11.0. The Hall–Kier alpha value is -4.38. The molecular weight excluding hydrogens is 444 g/mol. The third-order valence-corrected chi connectivity index (χ3v) is 4.92. The molecule has 1 heterocycles. The average Bonchev–Trinajstić information content (AvgIpc) is 2.83. The number of nitrogens with two attached hydrogens (primary N) is 1. The first-order valence-corrected chi connectivity index (χ1v) is 10.2. The summed E-state index contributed by atoms with van der Waals surface area (Å²) < 4.78 is 11.2. The number of aromatic hydroxyl groups is 1. The molecule has 0 bridgehead atoms. The second-order valence-electron chi connectivity index (χ2n) is 7.23. The van der Waals surface area contributed by atoms with Crippen molar-refractivity contribution in [2.45, 2.75) is 6.54 Å². The molecule has 0 spiro atoms. The van der Waals surface area contributed by atoms with E-state index in [0.717, 1.165) is 15.0 Å². The minimum atomic E-state index is -0.860. The third kappa shape index (κ3) is 5.70. The van der Waals surface area contributed by atoms with Crippen molar-refractivity contribution in [1.82, 2.24) is 9.55 Å². The van der Waals surface area contributed by atoms with Gasteiger partial charge in [0.2, 0.25) is 0 Å². The van der Waals surface area contributed by atoms with Gasteiger partial charge in [0.05, 0.1) is 18.7 Å². The number of carbonyl (C=O) groups is 2. The quantitative estimate of drug-likeness (QED) is 0.388. The zero-order valence-corrected chi connectivity index (χ0v) is 18.4. The highest BCUT2D eigenvalue weighted by Gasteiger charge is 2.25. The van der Waals surface area contributed by atoms with Crippen LogP contribution in [0, 0.1) is 0 Å². The van der Waals surface area contributed by atoms with E-state index in [1.54, 1.807) is 24.3 Å². The fourth-order valence-corrected chi connectivity index (χ4v) is 3.19. The number of H-pyrrole nitrogens is 1. The van der Waals surface area contributed by atoms with Crippen LogP contribution in [0.1, 0.15) is 15.9 Å². The molecule has 0 saturated carbocycles. The predicted molar refractivity (Wildman–Crippen MR) is 124 cm³/mol. The predicted octanol–water partition coefficient (Wildman–Crippen LogP) is 0.709. The van der Waals surface area contributed by atoms with Crippen LogP contribution in [0.2, 0.25) is 0 Å². The van der Waals surface area contributed by atoms with Gasteiger partial charge in [0, 0.05) is 13.7 Å². The molecule has 0 aliphatic heterocycles. The van der Waals surface area contributed by atoms with E-state index in [-0.39, 0.29) is 42.5 Å². The molecule has 0 fully saturated rings. The summed E-state index contributed by atoms with van der Waals surface area (Å²) in [6.45, 7) is -0.658. The second-order valence-corrected chi connectivity index (χ2v) is 7.23. The van der Waals surface area contributed by atoms with E-state index in [2.05, 4.69) is 4.98 Å². The lowest BCUT2D eigenvalue weighted by atomic mass is 10.2. The lowest BCUT2D eigenvalue weighted by molar-refractivity contribution is -0.121. The van der Waals surface area contributed by atoms with Gasteiger partial charge in [0.1, 0.15) is 11.6 Å². The van der Waals surface area contributed by atoms with E-state index >= 15 is 0 Å². The van der Waals surface area contributed by atoms with Crippen LogP contribution in [0.25, 0.3) is 0 Å². The molecule has 4 N–H and O–H groups in total. The number of carbonyl (C=O) groups excluding carboxylic acids is 2. The summed E-state index contributed by atoms with van der Waals surface area (Å²) in [6, 6.07) is 14.3. The number of methoxy groups -OCH3 is 1. The number of ether oxygens (including phenoxy) is 2. The molecule has 0 aliphatic rings. The first-order chi connectivity index (χ1) is 16.3. The van der Waals surface area contributed by atoms with Crippen molar-refractivity contribution < 1.29 is 24.2 Å². The Morgan fingerprint density at radius 1 is 1.09 bits per heavy atom. The minimum Gasteiger partial charge on any atom is -0.508 e. The molecule has 1 amide bonds. The Morgan fingerprint density at radius 2 is 1.76 bits per heavy atom. The summed E-state index contributed by atoms with van der Waals surface area (Å²) >= 11 is 0. The third-order valence-electron chi connectivity index (χ3n) is 4.92. The van der Waals surface area contributed by atoms with Gasteiger partial charge in [-0.1, -0.05) is 30.3 Å². The van der Waals surface area contributed by atoms with Gasteiger partial charge in [0.25, 0.3) is 11.5 Å². The van der Waals surface area contributed by atoms with Crippen LogP contribution >= 0.6 is 0 Å². The number of rotatable bonds is 9. The largest absolute Gasteiger partial charge is 0.508 e. The number of phenolic OH excluding ortho intramolecular Hbond substituents is 1. The standard InChI is InChI=1S/C23H24N4O7/c1-33-12-11-26(18(29)14-34-22(31)16-7-9-17(28)10-8-16)19-20(24)27(23(32)25-21(19)30)13-15-5-3-2-4-6-15/h2-10,28H,11-14,24H2,1H3,(H,25,30,32). The van der Waals surface area contributed by atoms with Gasteiger partial charge >= 0.3 is 11.7 Å². The molecule has 11 nitrogen and oxygen atoms in total. The number of amides is 1. The zero-order valence-electron chi connectivity index (χ0n) is 18.4. The van der Waals surface area contributed by atoms with Crippen molar-refractivity contribution in [3.8, 4) is 5.75 Å². The van der Waals surface area contributed by atoms with Crippen LogP contribution in [0.15, 0.2) is 64.2 Å². The topological polar surface area (TPSA) is 157 Å². The van der Waals surface area contributed by atoms with Crippen molar-refractivity contribution in [3.63, 3.8) is 0 Å². The van der Waals surface area contributed by atoms with Gasteiger partial charge in [-0.15, -0.1) is 0 Å². The molecule has 0 aliphatic carbocycles. The summed E-state index contributed by atoms with van der Waals surface area (Å²) in [7, 11) is 1.41. The van der Waals surface area contributed by atoms with Crippen LogP contribution < -0.4 is 21.9 Å². The summed E-state index contributed by atoms with van der Waals surface area (Å²) in [5.74, 6) is -1.78. The van der Waals surface area contributed by atoms with Crippen molar-refractivity contribution in [3.05, 3.63) is 86.6 Å². The molecule has 0 unspecified atom stereocenters. The fourth-order valence-electron chi connectivity index (χ4n) is 3.19. The van der Waals surface area contributed by atoms with E-state index < -0.39 is 29.7 Å². The van der Waals surface area contributed by atoms with Crippen LogP contribution in [-0.2, 0) is 20.8 Å². The van der Waals surface area contributed by atoms with E-state index in [4.69, 9.17) is 15.2 Å². The number of aromatic amines is 1. The van der Waals surface area contributed by atoms with Crippen molar-refractivity contribution in [2.24, 2.45) is 0 Å². The Labute approximate surface area is 194 Å². The highest BCUT2D eigenvalue weighted by Crippen LogP contribution is 2.18. The lowest BCUT2D eigenvalue weighted by Crippen LogP contribution is -2.44. The van der Waals surface area contributed by atoms with Crippen molar-refractivity contribution in [1.29, 1.82) is 0 Å². The summed E-state index contributed by atoms with van der Waals surface area (Å²) in [5.41, 5.74) is 5.22. The first kappa shape index (κ1) is 24.3. The van der Waals surface area contributed by atoms with E-state index in [1.807, 2.05) is 6.07 Å². The number of hydrogen-bond donors (Lipinski definition) is 3. The number of hydrogen-bond acceptors (Lipinski definition) is 8. The van der Waals surface area contributed by atoms with Crippen LogP contribution in [0.5, 0.6) is 5.75 Å². The molecule has 0 radical (unpaired) electrons. The Balaban J connectivity index is 1.88. The molecule has 0 atom stereocenters. The maximum absolute atomic E-state index is 13.0. The number of nitrogens with zero attached hydrogens (tertiary/aromatic N) is 2. The zero-order chi connectivity index (χ0) is 24.7. The first-order valence-electron chi connectivity index (χ1n) is 10.2. The van der Waals surface area contributed by atoms with Gasteiger partial charge in [0.15, 0.2) is 12.3 Å². The van der Waals surface area contributed by atoms with E-state index in [1.165, 1.54) is 31.4 Å². The van der Waals surface area contributed by atoms with E-state index in [0.29, 0.717) is 0 Å². The molecule has 3 aromatic rings. The maximum atomic E-state index is 13.0. The van der Waals surface area contributed by atoms with E-state index in [9.17, 15) is 24.3 Å². The molecule has 0 saturated heterocycles. The summed E-state index contributed by atoms with van der Waals surface area (Å²) in [6.07, 6.45) is 0. The molecule has 2 aromatic carbocycles. The van der Waals surface area contributed by atoms with Crippen LogP contribution in [0.4, 0.5) is 11.5 Å². The molecular formula is C23H24N4O7. The normalized spacial score (nSPS) is 10.6. The number of phenols is 1. The monoisotopic (exact) mass is 468 g/mol. The molecule has 1 aromatic heterocycles. The van der Waals surface area contributed by atoms with Gasteiger partial charge in [-0.3, -0.25) is 24.0 Å². The highest BCUT2D eigenvalue weighted by molar-refractivity contribution is 5.98. The SMILES string of the molecule is COCCN(C(=O)COC(=O)c1ccc(O)cc1)c1c(N)n(Cc2ccccc2)c(=O)[nH]c1=O. The number of esters is 1. The Bertz CT molecular complexity index is 1270. The summed E-state index contributed by atoms with van der Waals surface area (Å²) in [4.78, 5) is 53.5. The molecule has 178 valence electrons. The molecule has 34 heavy (non-hydrogen) atoms. The molecule has 3 rings (SSSR count). The van der Waals surface area contributed by atoms with Gasteiger partial charge in [-0.2, -0.15) is 0 Å². The average molecular weight is 468 g/mol. The number of aromatic nitrogens is 2.